The van der Waals surface area contributed by atoms with Crippen LogP contribution >= 0.6 is 0 Å². The van der Waals surface area contributed by atoms with Crippen LogP contribution in [0, 0.1) is 0 Å². The number of anilines is 1. The lowest BCUT2D eigenvalue weighted by Gasteiger charge is -2.19. The number of rotatable bonds is 6. The molecule has 0 aliphatic rings. The number of nitrogen functional groups attached to an aromatic ring is 1. The van der Waals surface area contributed by atoms with Crippen LogP contribution in [0.4, 0.5) is 11.4 Å². The van der Waals surface area contributed by atoms with Gasteiger partial charge in [0.05, 0.1) is 16.2 Å². The Morgan fingerprint density at radius 1 is 1.00 bits per heavy atom. The van der Waals surface area contributed by atoms with Crippen molar-refractivity contribution in [1.29, 1.82) is 0 Å². The van der Waals surface area contributed by atoms with Gasteiger partial charge in [0.2, 0.25) is 0 Å². The van der Waals surface area contributed by atoms with E-state index in [0.717, 1.165) is 29.5 Å². The molecule has 4 nitrogen and oxygen atoms in total. The van der Waals surface area contributed by atoms with Crippen molar-refractivity contribution in [2.75, 3.05) is 5.73 Å². The first kappa shape index (κ1) is 19.5. The molecule has 0 radical (unpaired) electrons. The maximum Gasteiger partial charge on any atom is 0.159 e. The van der Waals surface area contributed by atoms with Crippen molar-refractivity contribution in [3.05, 3.63) is 59.2 Å². The fraction of sp³-hybridized carbons (Fsp3) is 0.368. The van der Waals surface area contributed by atoms with Crippen molar-refractivity contribution in [1.82, 2.24) is 0 Å². The molecule has 2 aromatic carbocycles. The molecule has 2 N–H and O–H groups in total. The third kappa shape index (κ3) is 4.86. The number of nitrogens with zero attached hydrogens (tertiary/aromatic N) is 1. The Kier molecular flexibility index (Phi) is 5.95. The van der Waals surface area contributed by atoms with Gasteiger partial charge in [-0.2, -0.15) is 4.36 Å². The Balaban J connectivity index is 2.07. The summed E-state index contributed by atoms with van der Waals surface area (Å²) in [7, 11) is -3.17. The van der Waals surface area contributed by atoms with E-state index in [1.807, 2.05) is 36.4 Å². The quantitative estimate of drug-likeness (QED) is 0.770. The van der Waals surface area contributed by atoms with Gasteiger partial charge in [-0.05, 0) is 56.4 Å². The van der Waals surface area contributed by atoms with Crippen LogP contribution in [-0.4, -0.2) is 13.2 Å². The van der Waals surface area contributed by atoms with Crippen molar-refractivity contribution in [3.63, 3.8) is 0 Å². The predicted molar refractivity (Wildman–Crippen MR) is 107 cm³/mol. The summed E-state index contributed by atoms with van der Waals surface area (Å²) in [6, 6.07) is 13.4. The molecule has 0 heterocycles. The molecule has 0 spiro atoms. The predicted octanol–water partition coefficient (Wildman–Crippen LogP) is 4.13. The Hall–Kier alpha value is -1.79. The number of sulfone groups is 1. The zero-order valence-corrected chi connectivity index (χ0v) is 16.5. The SMILES string of the molecule is CC(C)(C)S(=O)(=O)Cc1ccc(CCc2cccc(N)c2N=S)cc1. The van der Waals surface area contributed by atoms with E-state index in [4.69, 9.17) is 18.2 Å². The average molecular weight is 377 g/mol. The van der Waals surface area contributed by atoms with Crippen molar-refractivity contribution < 1.29 is 8.42 Å². The summed E-state index contributed by atoms with van der Waals surface area (Å²) in [6.07, 6.45) is 1.59. The van der Waals surface area contributed by atoms with E-state index >= 15 is 0 Å². The van der Waals surface area contributed by atoms with Gasteiger partial charge in [0.15, 0.2) is 9.84 Å². The molecule has 0 saturated carbocycles. The number of hydrogen-bond acceptors (Lipinski definition) is 5. The van der Waals surface area contributed by atoms with Crippen molar-refractivity contribution in [2.24, 2.45) is 4.36 Å². The normalized spacial score (nSPS) is 12.1. The van der Waals surface area contributed by atoms with Crippen LogP contribution < -0.4 is 5.73 Å². The molecule has 0 saturated heterocycles. The highest BCUT2D eigenvalue weighted by atomic mass is 32.2. The first-order valence-electron chi connectivity index (χ1n) is 8.15. The minimum Gasteiger partial charge on any atom is -0.397 e. The Bertz CT molecular complexity index is 852. The van der Waals surface area contributed by atoms with E-state index in [2.05, 4.69) is 4.36 Å². The summed E-state index contributed by atoms with van der Waals surface area (Å²) in [5, 5.41) is 0. The van der Waals surface area contributed by atoms with E-state index in [9.17, 15) is 8.42 Å². The molecule has 0 bridgehead atoms. The summed E-state index contributed by atoms with van der Waals surface area (Å²) in [6.45, 7) is 5.18. The second-order valence-corrected chi connectivity index (χ2v) is 10.1. The second-order valence-electron chi connectivity index (χ2n) is 7.13. The number of hydrogen-bond donors (Lipinski definition) is 1. The van der Waals surface area contributed by atoms with Gasteiger partial charge < -0.3 is 5.73 Å². The third-order valence-corrected chi connectivity index (χ3v) is 7.00. The molecule has 0 aliphatic carbocycles. The molecule has 6 heteroatoms. The molecule has 134 valence electrons. The fourth-order valence-electron chi connectivity index (χ4n) is 2.44. The lowest BCUT2D eigenvalue weighted by Crippen LogP contribution is -2.29. The summed E-state index contributed by atoms with van der Waals surface area (Å²) in [4.78, 5) is 0. The molecule has 0 unspecified atom stereocenters. The van der Waals surface area contributed by atoms with E-state index in [1.165, 1.54) is 0 Å². The van der Waals surface area contributed by atoms with Crippen LogP contribution in [0.3, 0.4) is 0 Å². The smallest absolute Gasteiger partial charge is 0.159 e. The van der Waals surface area contributed by atoms with Crippen molar-refractivity contribution >= 4 is 33.6 Å². The van der Waals surface area contributed by atoms with E-state index in [-0.39, 0.29) is 5.75 Å². The standard InChI is InChI=1S/C19H24N2O2S2/c1-19(2,3)25(22,23)13-15-9-7-14(8-10-15)11-12-16-5-4-6-17(20)18(16)21-24/h4-10H,11-13,20H2,1-3H3. The summed E-state index contributed by atoms with van der Waals surface area (Å²) >= 11 is 4.81. The summed E-state index contributed by atoms with van der Waals surface area (Å²) in [5.74, 6) is 0.0605. The molecule has 25 heavy (non-hydrogen) atoms. The van der Waals surface area contributed by atoms with Gasteiger partial charge >= 0.3 is 0 Å². The Morgan fingerprint density at radius 2 is 1.60 bits per heavy atom. The maximum absolute atomic E-state index is 12.3. The van der Waals surface area contributed by atoms with Crippen molar-refractivity contribution in [2.45, 2.75) is 44.1 Å². The van der Waals surface area contributed by atoms with Gasteiger partial charge in [-0.15, -0.1) is 0 Å². The molecule has 0 aromatic heterocycles. The van der Waals surface area contributed by atoms with E-state index in [1.54, 1.807) is 26.8 Å². The van der Waals surface area contributed by atoms with Crippen LogP contribution in [0.2, 0.25) is 0 Å². The molecular weight excluding hydrogens is 352 g/mol. The first-order valence-corrected chi connectivity index (χ1v) is 10.2. The fourth-order valence-corrected chi connectivity index (χ4v) is 3.73. The van der Waals surface area contributed by atoms with Gasteiger partial charge in [-0.1, -0.05) is 36.4 Å². The minimum absolute atomic E-state index is 0.0605. The van der Waals surface area contributed by atoms with Crippen LogP contribution in [0.15, 0.2) is 46.8 Å². The highest BCUT2D eigenvalue weighted by Crippen LogP contribution is 2.27. The van der Waals surface area contributed by atoms with Crippen LogP contribution in [0.25, 0.3) is 0 Å². The Labute approximate surface area is 155 Å². The molecular formula is C19H24N2O2S2. The van der Waals surface area contributed by atoms with Gasteiger partial charge in [-0.3, -0.25) is 0 Å². The maximum atomic E-state index is 12.3. The molecule has 0 amide bonds. The van der Waals surface area contributed by atoms with Gasteiger partial charge in [0.25, 0.3) is 0 Å². The third-order valence-electron chi connectivity index (χ3n) is 4.24. The number of nitrogens with two attached hydrogens (primary N) is 1. The zero-order valence-electron chi connectivity index (χ0n) is 14.8. The van der Waals surface area contributed by atoms with Crippen LogP contribution in [-0.2, 0) is 40.9 Å². The highest BCUT2D eigenvalue weighted by molar-refractivity contribution is 7.91. The number of benzene rings is 2. The molecule has 0 atom stereocenters. The molecule has 2 aromatic rings. The highest BCUT2D eigenvalue weighted by Gasteiger charge is 2.28. The monoisotopic (exact) mass is 376 g/mol. The van der Waals surface area contributed by atoms with Gasteiger partial charge in [-0.25, -0.2) is 8.42 Å². The van der Waals surface area contributed by atoms with Gasteiger partial charge in [0, 0.05) is 12.4 Å². The van der Waals surface area contributed by atoms with E-state index < -0.39 is 14.6 Å². The Morgan fingerprint density at radius 3 is 2.16 bits per heavy atom. The number of aryl methyl sites for hydroxylation is 2. The molecule has 0 fully saturated rings. The first-order chi connectivity index (χ1) is 11.6. The minimum atomic E-state index is -3.17. The molecule has 0 aliphatic heterocycles. The topological polar surface area (TPSA) is 72.5 Å². The van der Waals surface area contributed by atoms with Crippen LogP contribution in [0.1, 0.15) is 37.5 Å². The zero-order chi connectivity index (χ0) is 18.7. The average Bonchev–Trinajstić information content (AvgIpc) is 2.53. The lowest BCUT2D eigenvalue weighted by atomic mass is 10.0. The van der Waals surface area contributed by atoms with Crippen LogP contribution in [0.5, 0.6) is 0 Å². The van der Waals surface area contributed by atoms with E-state index in [0.29, 0.717) is 11.4 Å². The lowest BCUT2D eigenvalue weighted by molar-refractivity contribution is 0.559. The second kappa shape index (κ2) is 7.62. The summed E-state index contributed by atoms with van der Waals surface area (Å²) < 4.78 is 27.7. The summed E-state index contributed by atoms with van der Waals surface area (Å²) in [5.41, 5.74) is 10.1. The largest absolute Gasteiger partial charge is 0.397 e. The van der Waals surface area contributed by atoms with Crippen molar-refractivity contribution in [3.8, 4) is 0 Å². The molecule has 2 rings (SSSR count). The van der Waals surface area contributed by atoms with Gasteiger partial charge in [0.1, 0.15) is 5.69 Å².